The smallest absolute Gasteiger partial charge is 0.00255 e. The second-order valence-electron chi connectivity index (χ2n) is 8.13. The molecule has 3 atom stereocenters. The van der Waals surface area contributed by atoms with E-state index in [0.717, 1.165) is 12.5 Å². The summed E-state index contributed by atoms with van der Waals surface area (Å²) in [4.78, 5) is 0. The highest BCUT2D eigenvalue weighted by Gasteiger charge is 2.48. The van der Waals surface area contributed by atoms with Crippen LogP contribution in [0.25, 0.3) is 0 Å². The molecule has 3 rings (SSSR count). The van der Waals surface area contributed by atoms with Crippen LogP contribution in [0.2, 0.25) is 0 Å². The molecule has 20 heavy (non-hydrogen) atoms. The SMILES string of the molecule is CC1CC(C)(C)CC2(CCNCC2c2ccccc2)C1. The first-order valence-electron chi connectivity index (χ1n) is 8.27. The Morgan fingerprint density at radius 1 is 1.10 bits per heavy atom. The van der Waals surface area contributed by atoms with Crippen molar-refractivity contribution in [2.24, 2.45) is 16.7 Å². The summed E-state index contributed by atoms with van der Waals surface area (Å²) in [7, 11) is 0. The number of rotatable bonds is 1. The first-order chi connectivity index (χ1) is 9.51. The van der Waals surface area contributed by atoms with Gasteiger partial charge in [-0.2, -0.15) is 0 Å². The third kappa shape index (κ3) is 2.65. The Labute approximate surface area is 124 Å². The van der Waals surface area contributed by atoms with E-state index in [1.165, 1.54) is 32.2 Å². The number of hydrogen-bond acceptors (Lipinski definition) is 1. The van der Waals surface area contributed by atoms with Crippen LogP contribution in [-0.4, -0.2) is 13.1 Å². The fourth-order valence-corrected chi connectivity index (χ4v) is 5.39. The molecule has 2 aliphatic rings. The van der Waals surface area contributed by atoms with Crippen LogP contribution in [0.3, 0.4) is 0 Å². The van der Waals surface area contributed by atoms with Gasteiger partial charge in [0.1, 0.15) is 0 Å². The van der Waals surface area contributed by atoms with Gasteiger partial charge in [0.2, 0.25) is 0 Å². The summed E-state index contributed by atoms with van der Waals surface area (Å²) < 4.78 is 0. The van der Waals surface area contributed by atoms with Crippen LogP contribution in [0.5, 0.6) is 0 Å². The quantitative estimate of drug-likeness (QED) is 0.787. The molecular weight excluding hydrogens is 242 g/mol. The van der Waals surface area contributed by atoms with E-state index in [2.05, 4.69) is 56.4 Å². The Balaban J connectivity index is 1.95. The van der Waals surface area contributed by atoms with Gasteiger partial charge in [-0.25, -0.2) is 0 Å². The van der Waals surface area contributed by atoms with E-state index in [4.69, 9.17) is 0 Å². The van der Waals surface area contributed by atoms with Gasteiger partial charge >= 0.3 is 0 Å². The van der Waals surface area contributed by atoms with E-state index in [9.17, 15) is 0 Å². The Kier molecular flexibility index (Phi) is 3.66. The molecule has 1 saturated carbocycles. The van der Waals surface area contributed by atoms with Crippen molar-refractivity contribution < 1.29 is 0 Å². The number of piperidine rings is 1. The largest absolute Gasteiger partial charge is 0.316 e. The van der Waals surface area contributed by atoms with Gasteiger partial charge in [0.25, 0.3) is 0 Å². The lowest BCUT2D eigenvalue weighted by molar-refractivity contribution is 0.00502. The molecule has 1 aliphatic carbocycles. The molecule has 1 heteroatoms. The molecule has 1 heterocycles. The van der Waals surface area contributed by atoms with Crippen LogP contribution >= 0.6 is 0 Å². The summed E-state index contributed by atoms with van der Waals surface area (Å²) in [6.45, 7) is 9.79. The van der Waals surface area contributed by atoms with Crippen LogP contribution < -0.4 is 5.32 Å². The maximum atomic E-state index is 3.65. The van der Waals surface area contributed by atoms with Crippen molar-refractivity contribution >= 4 is 0 Å². The maximum absolute atomic E-state index is 3.65. The first-order valence-corrected chi connectivity index (χ1v) is 8.27. The second kappa shape index (κ2) is 5.18. The molecule has 1 aromatic rings. The molecule has 0 amide bonds. The van der Waals surface area contributed by atoms with Crippen molar-refractivity contribution in [1.29, 1.82) is 0 Å². The predicted molar refractivity (Wildman–Crippen MR) is 85.9 cm³/mol. The monoisotopic (exact) mass is 271 g/mol. The zero-order chi connectivity index (χ0) is 14.2. The number of hydrogen-bond donors (Lipinski definition) is 1. The fraction of sp³-hybridized carbons (Fsp3) is 0.684. The highest BCUT2D eigenvalue weighted by atomic mass is 14.9. The summed E-state index contributed by atoms with van der Waals surface area (Å²) in [5.74, 6) is 1.56. The summed E-state index contributed by atoms with van der Waals surface area (Å²) >= 11 is 0. The van der Waals surface area contributed by atoms with Crippen LogP contribution in [0.15, 0.2) is 30.3 Å². The van der Waals surface area contributed by atoms with Crippen LogP contribution in [0.1, 0.15) is 57.9 Å². The van der Waals surface area contributed by atoms with Crippen molar-refractivity contribution in [3.8, 4) is 0 Å². The van der Waals surface area contributed by atoms with Gasteiger partial charge in [-0.1, -0.05) is 51.1 Å². The normalized spacial score (nSPS) is 37.0. The average Bonchev–Trinajstić information content (AvgIpc) is 2.37. The summed E-state index contributed by atoms with van der Waals surface area (Å²) in [6, 6.07) is 11.2. The van der Waals surface area contributed by atoms with Crippen LogP contribution in [-0.2, 0) is 0 Å². The Morgan fingerprint density at radius 3 is 2.55 bits per heavy atom. The molecule has 1 N–H and O–H groups in total. The topological polar surface area (TPSA) is 12.0 Å². The molecule has 1 spiro atoms. The van der Waals surface area contributed by atoms with Crippen molar-refractivity contribution in [3.05, 3.63) is 35.9 Å². The fourth-order valence-electron chi connectivity index (χ4n) is 5.39. The van der Waals surface area contributed by atoms with Crippen molar-refractivity contribution in [1.82, 2.24) is 5.32 Å². The Hall–Kier alpha value is -0.820. The van der Waals surface area contributed by atoms with Gasteiger partial charge in [0, 0.05) is 12.5 Å². The van der Waals surface area contributed by atoms with Gasteiger partial charge in [-0.3, -0.25) is 0 Å². The molecule has 0 bridgehead atoms. The van der Waals surface area contributed by atoms with E-state index >= 15 is 0 Å². The minimum atomic E-state index is 0.502. The minimum absolute atomic E-state index is 0.502. The van der Waals surface area contributed by atoms with Gasteiger partial charge in [0.15, 0.2) is 0 Å². The maximum Gasteiger partial charge on any atom is 0.00255 e. The molecule has 3 unspecified atom stereocenters. The van der Waals surface area contributed by atoms with Crippen molar-refractivity contribution in [2.45, 2.75) is 52.4 Å². The number of benzene rings is 1. The summed E-state index contributed by atoms with van der Waals surface area (Å²) in [5.41, 5.74) is 2.57. The second-order valence-corrected chi connectivity index (χ2v) is 8.13. The van der Waals surface area contributed by atoms with Gasteiger partial charge in [-0.15, -0.1) is 0 Å². The van der Waals surface area contributed by atoms with Gasteiger partial charge in [-0.05, 0) is 54.5 Å². The lowest BCUT2D eigenvalue weighted by atomic mass is 9.53. The lowest BCUT2D eigenvalue weighted by Crippen LogP contribution is -2.49. The molecule has 110 valence electrons. The first kappa shape index (κ1) is 14.1. The standard InChI is InChI=1S/C19H29N/c1-15-11-18(2,3)14-19(12-15)9-10-20-13-17(19)16-7-5-4-6-8-16/h4-8,15,17,20H,9-14H2,1-3H3. The van der Waals surface area contributed by atoms with Crippen molar-refractivity contribution in [3.63, 3.8) is 0 Å². The minimum Gasteiger partial charge on any atom is -0.316 e. The molecular formula is C19H29N. The molecule has 1 saturated heterocycles. The third-order valence-corrected chi connectivity index (χ3v) is 5.58. The van der Waals surface area contributed by atoms with Crippen molar-refractivity contribution in [2.75, 3.05) is 13.1 Å². The molecule has 0 radical (unpaired) electrons. The lowest BCUT2D eigenvalue weighted by Gasteiger charge is -2.54. The highest BCUT2D eigenvalue weighted by molar-refractivity contribution is 5.24. The van der Waals surface area contributed by atoms with E-state index in [1.54, 1.807) is 5.56 Å². The molecule has 1 nitrogen and oxygen atoms in total. The average molecular weight is 271 g/mol. The van der Waals surface area contributed by atoms with E-state index < -0.39 is 0 Å². The predicted octanol–water partition coefficient (Wildman–Crippen LogP) is 4.60. The van der Waals surface area contributed by atoms with Crippen LogP contribution in [0.4, 0.5) is 0 Å². The number of nitrogens with one attached hydrogen (secondary N) is 1. The van der Waals surface area contributed by atoms with E-state index in [1.807, 2.05) is 0 Å². The van der Waals surface area contributed by atoms with E-state index in [0.29, 0.717) is 16.7 Å². The summed E-state index contributed by atoms with van der Waals surface area (Å²) in [6.07, 6.45) is 5.55. The zero-order valence-electron chi connectivity index (χ0n) is 13.3. The van der Waals surface area contributed by atoms with E-state index in [-0.39, 0.29) is 0 Å². The molecule has 0 aromatic heterocycles. The van der Waals surface area contributed by atoms with Gasteiger partial charge in [0.05, 0.1) is 0 Å². The molecule has 2 fully saturated rings. The molecule has 1 aromatic carbocycles. The zero-order valence-corrected chi connectivity index (χ0v) is 13.3. The Morgan fingerprint density at radius 2 is 1.85 bits per heavy atom. The molecule has 1 aliphatic heterocycles. The Bertz CT molecular complexity index is 450. The highest BCUT2D eigenvalue weighted by Crippen LogP contribution is 2.57. The van der Waals surface area contributed by atoms with Gasteiger partial charge < -0.3 is 5.32 Å². The van der Waals surface area contributed by atoms with Crippen LogP contribution in [0, 0.1) is 16.7 Å². The summed E-state index contributed by atoms with van der Waals surface area (Å²) in [5, 5.41) is 3.65. The third-order valence-electron chi connectivity index (χ3n) is 5.58.